The lowest BCUT2D eigenvalue weighted by atomic mass is 9.93. The van der Waals surface area contributed by atoms with Crippen LogP contribution >= 0.6 is 0 Å². The van der Waals surface area contributed by atoms with Gasteiger partial charge in [0.1, 0.15) is 5.60 Å². The predicted octanol–water partition coefficient (Wildman–Crippen LogP) is 5.93. The average molecular weight is 543 g/mol. The van der Waals surface area contributed by atoms with Crippen LogP contribution in [0.2, 0.25) is 0 Å². The molecule has 0 heterocycles. The topological polar surface area (TPSA) is 87.7 Å². The Kier molecular flexibility index (Phi) is 11.1. The number of carbonyl (C=O) groups is 2. The summed E-state index contributed by atoms with van der Waals surface area (Å²) in [7, 11) is 0. The Morgan fingerprint density at radius 1 is 0.825 bits per heavy atom. The van der Waals surface area contributed by atoms with Crippen molar-refractivity contribution in [2.24, 2.45) is 0 Å². The summed E-state index contributed by atoms with van der Waals surface area (Å²) >= 11 is 0. The van der Waals surface area contributed by atoms with Crippen LogP contribution in [0.15, 0.2) is 84.9 Å². The number of aliphatic hydroxyl groups excluding tert-OH is 1. The van der Waals surface area contributed by atoms with Crippen LogP contribution in [-0.4, -0.2) is 40.9 Å². The lowest BCUT2D eigenvalue weighted by molar-refractivity contribution is -0.118. The molecule has 3 rings (SSSR count). The third-order valence-electron chi connectivity index (χ3n) is 6.61. The number of rotatable bonds is 11. The molecular formula is C34H42N2O4. The number of nitrogens with one attached hydrogen (secondary N) is 2. The van der Waals surface area contributed by atoms with Gasteiger partial charge in [-0.25, -0.2) is 4.79 Å². The summed E-state index contributed by atoms with van der Waals surface area (Å²) in [5.41, 5.74) is 4.54. The highest BCUT2D eigenvalue weighted by molar-refractivity contribution is 5.92. The Balaban J connectivity index is 1.79. The number of benzene rings is 3. The third-order valence-corrected chi connectivity index (χ3v) is 6.61. The number of amides is 2. The first-order valence-electron chi connectivity index (χ1n) is 13.8. The summed E-state index contributed by atoms with van der Waals surface area (Å²) in [6.45, 7) is 9.45. The second-order valence-corrected chi connectivity index (χ2v) is 11.3. The summed E-state index contributed by atoms with van der Waals surface area (Å²) in [6.07, 6.45) is 3.04. The van der Waals surface area contributed by atoms with Crippen LogP contribution in [0.3, 0.4) is 0 Å². The standard InChI is InChI=1S/C34H42N2O4/c1-24-13-12-14-25(2)29(24)19-20-32(38)36-30(22-27-17-10-7-11-18-27)31(37)23-28(21-26-15-8-6-9-16-26)35-33(39)40-34(3,4)5/h6-20,28,30-31,37H,21-23H2,1-5H3,(H,35,39)(H,36,38)/b20-19+/t28-,30-,31-/m0/s1. The van der Waals surface area contributed by atoms with Gasteiger partial charge in [0.05, 0.1) is 12.1 Å². The molecule has 6 heteroatoms. The Morgan fingerprint density at radius 3 is 1.93 bits per heavy atom. The monoisotopic (exact) mass is 542 g/mol. The SMILES string of the molecule is Cc1cccc(C)c1/C=C/C(=O)N[C@@H](Cc1ccccc1)[C@@H](O)C[C@H](Cc1ccccc1)NC(=O)OC(C)(C)C. The van der Waals surface area contributed by atoms with E-state index in [1.54, 1.807) is 0 Å². The minimum atomic E-state index is -0.929. The zero-order valence-corrected chi connectivity index (χ0v) is 24.2. The molecule has 0 aliphatic carbocycles. The van der Waals surface area contributed by atoms with Crippen molar-refractivity contribution >= 4 is 18.1 Å². The highest BCUT2D eigenvalue weighted by atomic mass is 16.6. The van der Waals surface area contributed by atoms with E-state index < -0.39 is 29.9 Å². The molecule has 3 N–H and O–H groups in total. The van der Waals surface area contributed by atoms with E-state index >= 15 is 0 Å². The molecular weight excluding hydrogens is 500 g/mol. The number of hydrogen-bond acceptors (Lipinski definition) is 4. The third kappa shape index (κ3) is 10.3. The predicted molar refractivity (Wildman–Crippen MR) is 161 cm³/mol. The highest BCUT2D eigenvalue weighted by Crippen LogP contribution is 2.17. The van der Waals surface area contributed by atoms with Gasteiger partial charge in [-0.2, -0.15) is 0 Å². The normalized spacial score (nSPS) is 13.8. The van der Waals surface area contributed by atoms with Crippen LogP contribution < -0.4 is 10.6 Å². The van der Waals surface area contributed by atoms with Crippen LogP contribution in [0.25, 0.3) is 6.08 Å². The number of carbonyl (C=O) groups excluding carboxylic acids is 2. The first-order valence-corrected chi connectivity index (χ1v) is 13.8. The zero-order chi connectivity index (χ0) is 29.1. The molecule has 6 nitrogen and oxygen atoms in total. The molecule has 0 saturated heterocycles. The molecule has 2 amide bonds. The zero-order valence-electron chi connectivity index (χ0n) is 24.2. The number of aliphatic hydroxyl groups is 1. The Hall–Kier alpha value is -3.90. The van der Waals surface area contributed by atoms with E-state index in [1.807, 2.05) is 120 Å². The summed E-state index contributed by atoms with van der Waals surface area (Å²) in [6, 6.07) is 24.6. The van der Waals surface area contributed by atoms with Gasteiger partial charge in [0.25, 0.3) is 0 Å². The van der Waals surface area contributed by atoms with Crippen molar-refractivity contribution in [3.05, 3.63) is 113 Å². The summed E-state index contributed by atoms with van der Waals surface area (Å²) < 4.78 is 5.49. The van der Waals surface area contributed by atoms with Gasteiger partial charge in [-0.15, -0.1) is 0 Å². The van der Waals surface area contributed by atoms with Crippen LogP contribution in [0, 0.1) is 13.8 Å². The molecule has 3 aromatic carbocycles. The van der Waals surface area contributed by atoms with Gasteiger partial charge in [-0.3, -0.25) is 4.79 Å². The van der Waals surface area contributed by atoms with E-state index in [4.69, 9.17) is 4.74 Å². The van der Waals surface area contributed by atoms with Crippen molar-refractivity contribution in [3.63, 3.8) is 0 Å². The van der Waals surface area contributed by atoms with E-state index in [1.165, 1.54) is 6.08 Å². The van der Waals surface area contributed by atoms with Crippen molar-refractivity contribution in [1.82, 2.24) is 10.6 Å². The van der Waals surface area contributed by atoms with E-state index in [0.717, 1.165) is 27.8 Å². The molecule has 0 bridgehead atoms. The van der Waals surface area contributed by atoms with E-state index in [9.17, 15) is 14.7 Å². The second kappa shape index (κ2) is 14.5. The number of ether oxygens (including phenoxy) is 1. The fraction of sp³-hybridized carbons (Fsp3) is 0.353. The molecule has 0 unspecified atom stereocenters. The second-order valence-electron chi connectivity index (χ2n) is 11.3. The fourth-order valence-electron chi connectivity index (χ4n) is 4.65. The Morgan fingerprint density at radius 2 is 1.38 bits per heavy atom. The Labute approximate surface area is 238 Å². The molecule has 212 valence electrons. The minimum Gasteiger partial charge on any atom is -0.444 e. The van der Waals surface area contributed by atoms with Crippen LogP contribution in [0.1, 0.15) is 55.0 Å². The van der Waals surface area contributed by atoms with Crippen LogP contribution in [-0.2, 0) is 22.4 Å². The maximum Gasteiger partial charge on any atom is 0.407 e. The maximum absolute atomic E-state index is 13.1. The quantitative estimate of drug-likeness (QED) is 0.262. The minimum absolute atomic E-state index is 0.229. The smallest absolute Gasteiger partial charge is 0.407 e. The molecule has 40 heavy (non-hydrogen) atoms. The van der Waals surface area contributed by atoms with Gasteiger partial charge in [0.2, 0.25) is 5.91 Å². The van der Waals surface area contributed by atoms with Crippen molar-refractivity contribution in [2.45, 2.75) is 77.7 Å². The van der Waals surface area contributed by atoms with Crippen molar-refractivity contribution in [1.29, 1.82) is 0 Å². The maximum atomic E-state index is 13.1. The summed E-state index contributed by atoms with van der Waals surface area (Å²) in [5.74, 6) is -0.289. The average Bonchev–Trinajstić information content (AvgIpc) is 2.88. The number of aryl methyl sites for hydroxylation is 2. The first kappa shape index (κ1) is 30.6. The van der Waals surface area contributed by atoms with Crippen molar-refractivity contribution in [3.8, 4) is 0 Å². The van der Waals surface area contributed by atoms with Gasteiger partial charge < -0.3 is 20.5 Å². The number of hydrogen-bond donors (Lipinski definition) is 3. The molecule has 0 aromatic heterocycles. The van der Waals surface area contributed by atoms with Gasteiger partial charge in [0, 0.05) is 12.1 Å². The van der Waals surface area contributed by atoms with Gasteiger partial charge in [-0.1, -0.05) is 78.9 Å². The largest absolute Gasteiger partial charge is 0.444 e. The molecule has 0 fully saturated rings. The van der Waals surface area contributed by atoms with Crippen LogP contribution in [0.5, 0.6) is 0 Å². The number of alkyl carbamates (subject to hydrolysis) is 1. The van der Waals surface area contributed by atoms with E-state index in [-0.39, 0.29) is 12.3 Å². The highest BCUT2D eigenvalue weighted by Gasteiger charge is 2.27. The van der Waals surface area contributed by atoms with Crippen molar-refractivity contribution in [2.75, 3.05) is 0 Å². The fourth-order valence-corrected chi connectivity index (χ4v) is 4.65. The first-order chi connectivity index (χ1) is 19.0. The lowest BCUT2D eigenvalue weighted by Crippen LogP contribution is -2.49. The molecule has 0 aliphatic heterocycles. The van der Waals surface area contributed by atoms with Gasteiger partial charge in [0.15, 0.2) is 0 Å². The molecule has 0 aliphatic rings. The van der Waals surface area contributed by atoms with Gasteiger partial charge >= 0.3 is 6.09 Å². The summed E-state index contributed by atoms with van der Waals surface area (Å²) in [5, 5.41) is 17.4. The molecule has 0 spiro atoms. The summed E-state index contributed by atoms with van der Waals surface area (Å²) in [4.78, 5) is 25.7. The molecule has 0 saturated carbocycles. The lowest BCUT2D eigenvalue weighted by Gasteiger charge is -2.29. The molecule has 0 radical (unpaired) electrons. The van der Waals surface area contributed by atoms with Crippen molar-refractivity contribution < 1.29 is 19.4 Å². The van der Waals surface area contributed by atoms with Gasteiger partial charge in [-0.05, 0) is 87.8 Å². The Bertz CT molecular complexity index is 1250. The van der Waals surface area contributed by atoms with Crippen LogP contribution in [0.4, 0.5) is 4.79 Å². The molecule has 3 atom stereocenters. The van der Waals surface area contributed by atoms with E-state index in [0.29, 0.717) is 12.8 Å². The molecule has 3 aromatic rings. The van der Waals surface area contributed by atoms with E-state index in [2.05, 4.69) is 10.6 Å².